The molecule has 0 bridgehead atoms. The van der Waals surface area contributed by atoms with Gasteiger partial charge >= 0.3 is 0 Å². The molecule has 0 radical (unpaired) electrons. The van der Waals surface area contributed by atoms with Crippen LogP contribution in [0.5, 0.6) is 0 Å². The van der Waals surface area contributed by atoms with Gasteiger partial charge in [0.1, 0.15) is 16.7 Å². The molecule has 4 heteroatoms. The highest BCUT2D eigenvalue weighted by atomic mass is 16.4. The summed E-state index contributed by atoms with van der Waals surface area (Å²) < 4.78 is 12.8. The first-order valence-corrected chi connectivity index (χ1v) is 17.1. The normalized spacial score (nSPS) is 11.5. The highest BCUT2D eigenvalue weighted by Gasteiger charge is 2.21. The molecule has 0 unspecified atom stereocenters. The molecule has 4 nitrogen and oxygen atoms in total. The van der Waals surface area contributed by atoms with E-state index in [0.717, 1.165) is 55.6 Å². The molecule has 8 aromatic carbocycles. The van der Waals surface area contributed by atoms with E-state index in [4.69, 9.17) is 13.8 Å². The number of rotatable bonds is 6. The Labute approximate surface area is 294 Å². The molecule has 0 aliphatic heterocycles. The number of oxazole rings is 1. The number of hydrogen-bond acceptors (Lipinski definition) is 4. The average molecular weight is 655 g/mol. The molecule has 10 rings (SSSR count). The highest BCUT2D eigenvalue weighted by Crippen LogP contribution is 2.45. The molecule has 0 N–H and O–H groups in total. The summed E-state index contributed by atoms with van der Waals surface area (Å²) in [5.41, 5.74) is 11.8. The van der Waals surface area contributed by atoms with Crippen LogP contribution in [0.3, 0.4) is 0 Å². The van der Waals surface area contributed by atoms with Gasteiger partial charge in [0, 0.05) is 28.4 Å². The molecule has 240 valence electrons. The maximum atomic E-state index is 6.53. The average Bonchev–Trinajstić information content (AvgIpc) is 3.79. The number of nitrogens with zero attached hydrogens (tertiary/aromatic N) is 2. The van der Waals surface area contributed by atoms with Crippen LogP contribution in [0.2, 0.25) is 0 Å². The maximum Gasteiger partial charge on any atom is 0.227 e. The van der Waals surface area contributed by atoms with Gasteiger partial charge in [0.2, 0.25) is 5.89 Å². The molecular formula is C47H30N2O2. The summed E-state index contributed by atoms with van der Waals surface area (Å²) in [6.07, 6.45) is 0. The molecule has 0 aliphatic rings. The van der Waals surface area contributed by atoms with Crippen LogP contribution >= 0.6 is 0 Å². The molecule has 0 fully saturated rings. The van der Waals surface area contributed by atoms with E-state index in [2.05, 4.69) is 144 Å². The lowest BCUT2D eigenvalue weighted by Gasteiger charge is -2.27. The van der Waals surface area contributed by atoms with Gasteiger partial charge in [-0.15, -0.1) is 0 Å². The Balaban J connectivity index is 1.17. The number of furan rings is 1. The summed E-state index contributed by atoms with van der Waals surface area (Å²) in [6.45, 7) is 0. The van der Waals surface area contributed by atoms with E-state index >= 15 is 0 Å². The third kappa shape index (κ3) is 5.04. The molecule has 0 amide bonds. The zero-order valence-electron chi connectivity index (χ0n) is 27.5. The first-order chi connectivity index (χ1) is 25.3. The van der Waals surface area contributed by atoms with Gasteiger partial charge in [0.05, 0.1) is 11.1 Å². The summed E-state index contributed by atoms with van der Waals surface area (Å²) in [4.78, 5) is 7.23. The van der Waals surface area contributed by atoms with Crippen molar-refractivity contribution in [1.82, 2.24) is 4.98 Å². The van der Waals surface area contributed by atoms with Crippen LogP contribution in [0, 0.1) is 0 Å². The van der Waals surface area contributed by atoms with Crippen molar-refractivity contribution in [2.24, 2.45) is 0 Å². The number of hydrogen-bond donors (Lipinski definition) is 0. The van der Waals surface area contributed by atoms with Crippen LogP contribution in [-0.4, -0.2) is 4.98 Å². The standard InChI is InChI=1S/C47H30N2O2/c1-3-12-31(13-4-1)35-18-9-19-37(28-35)49(36-26-24-33(25-27-36)39-21-10-17-32-14-7-8-20-38(32)39)42-22-11-23-43-46(42)40-29-41-45(30-44(40)50-43)51-47(48-41)34-15-5-2-6-16-34/h1-30H. The zero-order valence-corrected chi connectivity index (χ0v) is 27.5. The number of aromatic nitrogens is 1. The quantitative estimate of drug-likeness (QED) is 0.179. The molecule has 2 heterocycles. The lowest BCUT2D eigenvalue weighted by Crippen LogP contribution is -2.10. The third-order valence-electron chi connectivity index (χ3n) is 9.68. The van der Waals surface area contributed by atoms with Crippen LogP contribution in [0.1, 0.15) is 0 Å². The summed E-state index contributed by atoms with van der Waals surface area (Å²) in [5.74, 6) is 0.591. The second-order valence-electron chi connectivity index (χ2n) is 12.8. The summed E-state index contributed by atoms with van der Waals surface area (Å²) in [6, 6.07) is 63.5. The van der Waals surface area contributed by atoms with Crippen LogP contribution < -0.4 is 4.90 Å². The fourth-order valence-corrected chi connectivity index (χ4v) is 7.27. The van der Waals surface area contributed by atoms with Gasteiger partial charge in [-0.05, 0) is 87.6 Å². The fourth-order valence-electron chi connectivity index (χ4n) is 7.27. The first kappa shape index (κ1) is 29.0. The Hall–Kier alpha value is -6.91. The molecule has 0 saturated heterocycles. The molecule has 0 aliphatic carbocycles. The lowest BCUT2D eigenvalue weighted by molar-refractivity contribution is 0.617. The number of anilines is 3. The van der Waals surface area contributed by atoms with E-state index in [1.807, 2.05) is 42.5 Å². The van der Waals surface area contributed by atoms with Crippen molar-refractivity contribution >= 4 is 60.9 Å². The van der Waals surface area contributed by atoms with Gasteiger partial charge in [-0.3, -0.25) is 0 Å². The summed E-state index contributed by atoms with van der Waals surface area (Å²) >= 11 is 0. The predicted octanol–water partition coefficient (Wildman–Crippen LogP) is 13.4. The monoisotopic (exact) mass is 654 g/mol. The van der Waals surface area contributed by atoms with E-state index in [0.29, 0.717) is 11.5 Å². The first-order valence-electron chi connectivity index (χ1n) is 17.1. The Morgan fingerprint density at radius 1 is 0.412 bits per heavy atom. The van der Waals surface area contributed by atoms with Crippen molar-refractivity contribution in [1.29, 1.82) is 0 Å². The Morgan fingerprint density at radius 2 is 1.12 bits per heavy atom. The van der Waals surface area contributed by atoms with Gasteiger partial charge < -0.3 is 13.7 Å². The fraction of sp³-hybridized carbons (Fsp3) is 0. The van der Waals surface area contributed by atoms with Crippen molar-refractivity contribution in [3.05, 3.63) is 182 Å². The zero-order chi connectivity index (χ0) is 33.7. The van der Waals surface area contributed by atoms with Gasteiger partial charge in [-0.25, -0.2) is 4.98 Å². The summed E-state index contributed by atoms with van der Waals surface area (Å²) in [7, 11) is 0. The molecule has 51 heavy (non-hydrogen) atoms. The van der Waals surface area contributed by atoms with E-state index in [1.165, 1.54) is 27.5 Å². The van der Waals surface area contributed by atoms with Crippen LogP contribution in [-0.2, 0) is 0 Å². The van der Waals surface area contributed by atoms with Crippen molar-refractivity contribution in [2.75, 3.05) is 4.90 Å². The Kier molecular flexibility index (Phi) is 6.78. The summed E-state index contributed by atoms with van der Waals surface area (Å²) in [5, 5.41) is 4.47. The molecule has 0 atom stereocenters. The van der Waals surface area contributed by atoms with Crippen LogP contribution in [0.25, 0.3) is 77.5 Å². The largest absolute Gasteiger partial charge is 0.456 e. The molecular weight excluding hydrogens is 625 g/mol. The van der Waals surface area contributed by atoms with E-state index in [1.54, 1.807) is 0 Å². The van der Waals surface area contributed by atoms with E-state index in [-0.39, 0.29) is 0 Å². The van der Waals surface area contributed by atoms with Crippen molar-refractivity contribution in [3.63, 3.8) is 0 Å². The molecule has 10 aromatic rings. The van der Waals surface area contributed by atoms with Crippen LogP contribution in [0.15, 0.2) is 191 Å². The van der Waals surface area contributed by atoms with E-state index in [9.17, 15) is 0 Å². The smallest absolute Gasteiger partial charge is 0.227 e. The van der Waals surface area contributed by atoms with Crippen molar-refractivity contribution in [3.8, 4) is 33.7 Å². The van der Waals surface area contributed by atoms with Gasteiger partial charge in [0.25, 0.3) is 0 Å². The van der Waals surface area contributed by atoms with Crippen molar-refractivity contribution < 1.29 is 8.83 Å². The van der Waals surface area contributed by atoms with Crippen LogP contribution in [0.4, 0.5) is 17.1 Å². The minimum atomic E-state index is 0.591. The van der Waals surface area contributed by atoms with Gasteiger partial charge in [-0.2, -0.15) is 0 Å². The predicted molar refractivity (Wildman–Crippen MR) is 210 cm³/mol. The second-order valence-corrected chi connectivity index (χ2v) is 12.8. The number of benzene rings is 8. The Morgan fingerprint density at radius 3 is 1.96 bits per heavy atom. The minimum Gasteiger partial charge on any atom is -0.456 e. The third-order valence-corrected chi connectivity index (χ3v) is 9.68. The van der Waals surface area contributed by atoms with E-state index < -0.39 is 0 Å². The number of fused-ring (bicyclic) bond motifs is 5. The van der Waals surface area contributed by atoms with Gasteiger partial charge in [0.15, 0.2) is 5.58 Å². The second kappa shape index (κ2) is 11.9. The SMILES string of the molecule is c1ccc(-c2cccc(N(c3ccc(-c4cccc5ccccc45)cc3)c3cccc4oc5cc6oc(-c7ccccc7)nc6cc5c34)c2)cc1. The molecule has 2 aromatic heterocycles. The Bertz CT molecular complexity index is 2850. The topological polar surface area (TPSA) is 42.4 Å². The highest BCUT2D eigenvalue weighted by molar-refractivity contribution is 6.15. The maximum absolute atomic E-state index is 6.53. The van der Waals surface area contributed by atoms with Crippen molar-refractivity contribution in [2.45, 2.75) is 0 Å². The van der Waals surface area contributed by atoms with Gasteiger partial charge in [-0.1, -0.05) is 121 Å². The molecule has 0 spiro atoms. The minimum absolute atomic E-state index is 0.591. The molecule has 0 saturated carbocycles. The lowest BCUT2D eigenvalue weighted by atomic mass is 9.98.